The number of ether oxygens (including phenoxy) is 1. The highest BCUT2D eigenvalue weighted by Crippen LogP contribution is 2.34. The lowest BCUT2D eigenvalue weighted by atomic mass is 10.1. The van der Waals surface area contributed by atoms with E-state index in [2.05, 4.69) is 5.32 Å². The predicted molar refractivity (Wildman–Crippen MR) is 130 cm³/mol. The zero-order chi connectivity index (χ0) is 24.9. The number of carbonyl (C=O) groups is 3. The quantitative estimate of drug-likeness (QED) is 0.399. The van der Waals surface area contributed by atoms with Gasteiger partial charge in [0.25, 0.3) is 11.1 Å². The van der Waals surface area contributed by atoms with Crippen molar-refractivity contribution in [3.63, 3.8) is 0 Å². The van der Waals surface area contributed by atoms with E-state index in [1.54, 1.807) is 42.5 Å². The zero-order valence-electron chi connectivity index (χ0n) is 18.0. The topological polar surface area (TPSA) is 75.7 Å². The van der Waals surface area contributed by atoms with E-state index in [4.69, 9.17) is 16.3 Å². The van der Waals surface area contributed by atoms with Gasteiger partial charge in [0, 0.05) is 16.8 Å². The number of anilines is 1. The van der Waals surface area contributed by atoms with Gasteiger partial charge in [0.05, 0.1) is 9.93 Å². The van der Waals surface area contributed by atoms with Gasteiger partial charge in [0.2, 0.25) is 5.91 Å². The number of nitrogens with one attached hydrogen (secondary N) is 1. The maximum absolute atomic E-state index is 13.9. The summed E-state index contributed by atoms with van der Waals surface area (Å²) in [5, 5.41) is 1.69. The van der Waals surface area contributed by atoms with Crippen LogP contribution in [0.15, 0.2) is 71.6 Å². The van der Waals surface area contributed by atoms with Crippen LogP contribution in [0, 0.1) is 11.6 Å². The van der Waals surface area contributed by atoms with Gasteiger partial charge in [-0.05, 0) is 48.2 Å². The summed E-state index contributed by atoms with van der Waals surface area (Å²) in [5.41, 5.74) is 1.11. The molecule has 1 saturated heterocycles. The number of halogens is 3. The Hall–Kier alpha value is -3.69. The van der Waals surface area contributed by atoms with Crippen LogP contribution in [-0.4, -0.2) is 28.5 Å². The molecule has 0 saturated carbocycles. The monoisotopic (exact) mass is 514 g/mol. The van der Waals surface area contributed by atoms with Crippen LogP contribution >= 0.6 is 23.4 Å². The summed E-state index contributed by atoms with van der Waals surface area (Å²) in [6.45, 7) is -0.547. The molecular formula is C25H17ClF2N2O4S. The van der Waals surface area contributed by atoms with Gasteiger partial charge in [0.1, 0.15) is 30.5 Å². The van der Waals surface area contributed by atoms with Crippen LogP contribution in [0.1, 0.15) is 11.1 Å². The Morgan fingerprint density at radius 3 is 2.54 bits per heavy atom. The molecule has 1 fully saturated rings. The first-order chi connectivity index (χ1) is 16.8. The minimum absolute atomic E-state index is 0.0213. The van der Waals surface area contributed by atoms with E-state index >= 15 is 0 Å². The van der Waals surface area contributed by atoms with Crippen molar-refractivity contribution in [3.05, 3.63) is 99.4 Å². The molecule has 0 unspecified atom stereocenters. The first-order valence-electron chi connectivity index (χ1n) is 10.3. The van der Waals surface area contributed by atoms with Crippen LogP contribution in [0.25, 0.3) is 6.08 Å². The number of benzene rings is 3. The smallest absolute Gasteiger partial charge is 0.294 e. The Bertz CT molecular complexity index is 1350. The fourth-order valence-corrected chi connectivity index (χ4v) is 4.21. The largest absolute Gasteiger partial charge is 0.488 e. The molecule has 1 heterocycles. The molecule has 0 bridgehead atoms. The number of rotatable bonds is 7. The van der Waals surface area contributed by atoms with Gasteiger partial charge in [-0.2, -0.15) is 0 Å². The molecule has 0 aliphatic carbocycles. The van der Waals surface area contributed by atoms with Crippen molar-refractivity contribution in [1.82, 2.24) is 4.90 Å². The Kier molecular flexibility index (Phi) is 7.48. The van der Waals surface area contributed by atoms with E-state index in [1.165, 1.54) is 24.3 Å². The number of para-hydroxylation sites is 1. The third kappa shape index (κ3) is 5.87. The van der Waals surface area contributed by atoms with Crippen molar-refractivity contribution >= 4 is 52.2 Å². The Morgan fingerprint density at radius 1 is 1.03 bits per heavy atom. The van der Waals surface area contributed by atoms with E-state index in [9.17, 15) is 23.2 Å². The standard InChI is InChI=1S/C25H17ClF2N2O4S/c26-18-12-17(9-10-20(18)28)29-23(31)13-30-24(32)22(35-25(30)33)11-15-5-2-4-8-21(15)34-14-16-6-1-3-7-19(16)27/h1-12H,13-14H2,(H,29,31)/b22-11+. The first kappa shape index (κ1) is 24.4. The zero-order valence-corrected chi connectivity index (χ0v) is 19.5. The lowest BCUT2D eigenvalue weighted by Gasteiger charge is -2.13. The van der Waals surface area contributed by atoms with Gasteiger partial charge in [-0.1, -0.05) is 48.0 Å². The second-order valence-corrected chi connectivity index (χ2v) is 8.76. The maximum Gasteiger partial charge on any atom is 0.294 e. The van der Waals surface area contributed by atoms with E-state index in [0.29, 0.717) is 28.6 Å². The van der Waals surface area contributed by atoms with E-state index in [1.807, 2.05) is 0 Å². The molecule has 0 spiro atoms. The molecule has 35 heavy (non-hydrogen) atoms. The average molecular weight is 515 g/mol. The molecule has 0 aromatic heterocycles. The van der Waals surface area contributed by atoms with Crippen molar-refractivity contribution < 1.29 is 27.9 Å². The van der Waals surface area contributed by atoms with Crippen LogP contribution in [0.2, 0.25) is 5.02 Å². The number of nitrogens with zero attached hydrogens (tertiary/aromatic N) is 1. The fourth-order valence-electron chi connectivity index (χ4n) is 3.20. The first-order valence-corrected chi connectivity index (χ1v) is 11.5. The lowest BCUT2D eigenvalue weighted by Crippen LogP contribution is -2.36. The summed E-state index contributed by atoms with van der Waals surface area (Å²) < 4.78 is 32.9. The van der Waals surface area contributed by atoms with Gasteiger partial charge >= 0.3 is 0 Å². The molecular weight excluding hydrogens is 498 g/mol. The molecule has 10 heteroatoms. The van der Waals surface area contributed by atoms with Crippen LogP contribution in [0.3, 0.4) is 0 Å². The molecule has 178 valence electrons. The summed E-state index contributed by atoms with van der Waals surface area (Å²) in [6, 6.07) is 16.7. The van der Waals surface area contributed by atoms with Crippen molar-refractivity contribution in [2.45, 2.75) is 6.61 Å². The molecule has 1 aliphatic rings. The van der Waals surface area contributed by atoms with Gasteiger partial charge in [-0.3, -0.25) is 19.3 Å². The van der Waals surface area contributed by atoms with Crippen molar-refractivity contribution in [3.8, 4) is 5.75 Å². The summed E-state index contributed by atoms with van der Waals surface area (Å²) in [7, 11) is 0. The van der Waals surface area contributed by atoms with E-state index in [0.717, 1.165) is 11.0 Å². The average Bonchev–Trinajstić information content (AvgIpc) is 3.09. The second kappa shape index (κ2) is 10.7. The third-order valence-electron chi connectivity index (χ3n) is 4.93. The molecule has 1 aliphatic heterocycles. The van der Waals surface area contributed by atoms with E-state index < -0.39 is 35.2 Å². The maximum atomic E-state index is 13.9. The molecule has 3 aromatic carbocycles. The molecule has 4 rings (SSSR count). The van der Waals surface area contributed by atoms with Gasteiger partial charge < -0.3 is 10.1 Å². The van der Waals surface area contributed by atoms with Crippen LogP contribution in [0.4, 0.5) is 19.3 Å². The molecule has 6 nitrogen and oxygen atoms in total. The fraction of sp³-hybridized carbons (Fsp3) is 0.0800. The number of carbonyl (C=O) groups excluding carboxylic acids is 3. The van der Waals surface area contributed by atoms with Crippen molar-refractivity contribution in [2.24, 2.45) is 0 Å². The molecule has 3 amide bonds. The Balaban J connectivity index is 1.45. The van der Waals surface area contributed by atoms with Crippen molar-refractivity contribution in [1.29, 1.82) is 0 Å². The third-order valence-corrected chi connectivity index (χ3v) is 6.12. The Morgan fingerprint density at radius 2 is 1.77 bits per heavy atom. The normalized spacial score (nSPS) is 14.5. The Labute approximate surface area is 208 Å². The lowest BCUT2D eigenvalue weighted by molar-refractivity contribution is -0.127. The van der Waals surface area contributed by atoms with Crippen LogP contribution in [0.5, 0.6) is 5.75 Å². The highest BCUT2D eigenvalue weighted by Gasteiger charge is 2.36. The molecule has 1 N–H and O–H groups in total. The highest BCUT2D eigenvalue weighted by atomic mass is 35.5. The summed E-state index contributed by atoms with van der Waals surface area (Å²) in [6.07, 6.45) is 1.49. The van der Waals surface area contributed by atoms with E-state index in [-0.39, 0.29) is 22.2 Å². The van der Waals surface area contributed by atoms with Gasteiger partial charge in [-0.25, -0.2) is 8.78 Å². The highest BCUT2D eigenvalue weighted by molar-refractivity contribution is 8.18. The summed E-state index contributed by atoms with van der Waals surface area (Å²) >= 11 is 6.39. The number of thioether (sulfide) groups is 1. The molecule has 0 radical (unpaired) electrons. The summed E-state index contributed by atoms with van der Waals surface area (Å²) in [5.74, 6) is -1.93. The number of hydrogen-bond donors (Lipinski definition) is 1. The SMILES string of the molecule is O=C(CN1C(=O)S/C(=C/c2ccccc2OCc2ccccc2F)C1=O)Nc1ccc(F)c(Cl)c1. The van der Waals surface area contributed by atoms with Gasteiger partial charge in [-0.15, -0.1) is 0 Å². The number of amides is 3. The second-order valence-electron chi connectivity index (χ2n) is 7.36. The van der Waals surface area contributed by atoms with Crippen molar-refractivity contribution in [2.75, 3.05) is 11.9 Å². The summed E-state index contributed by atoms with van der Waals surface area (Å²) in [4.78, 5) is 38.5. The van der Waals surface area contributed by atoms with Crippen LogP contribution < -0.4 is 10.1 Å². The molecule has 0 atom stereocenters. The minimum atomic E-state index is -0.648. The minimum Gasteiger partial charge on any atom is -0.488 e. The predicted octanol–water partition coefficient (Wildman–Crippen LogP) is 5.87. The van der Waals surface area contributed by atoms with Crippen LogP contribution in [-0.2, 0) is 16.2 Å². The molecule has 3 aromatic rings. The van der Waals surface area contributed by atoms with Gasteiger partial charge in [0.15, 0.2) is 0 Å². The number of hydrogen-bond acceptors (Lipinski definition) is 5. The number of imide groups is 1.